The first kappa shape index (κ1) is 17.6. The van der Waals surface area contributed by atoms with E-state index in [-0.39, 0.29) is 10.9 Å². The van der Waals surface area contributed by atoms with Crippen LogP contribution in [0.3, 0.4) is 0 Å². The molecule has 0 radical (unpaired) electrons. The third kappa shape index (κ3) is 4.04. The summed E-state index contributed by atoms with van der Waals surface area (Å²) in [7, 11) is -1.86. The first-order valence-electron chi connectivity index (χ1n) is 6.66. The van der Waals surface area contributed by atoms with Gasteiger partial charge in [-0.1, -0.05) is 19.9 Å². The Balaban J connectivity index is 3.10. The van der Waals surface area contributed by atoms with Crippen molar-refractivity contribution in [3.8, 4) is 0 Å². The summed E-state index contributed by atoms with van der Waals surface area (Å²) >= 11 is 3.33. The fourth-order valence-corrected chi connectivity index (χ4v) is 4.56. The van der Waals surface area contributed by atoms with Gasteiger partial charge in [0.2, 0.25) is 10.0 Å². The molecule has 0 heterocycles. The maximum atomic E-state index is 12.6. The average Bonchev–Trinajstić information content (AvgIpc) is 2.36. The Hall–Kier alpha value is -0.430. The van der Waals surface area contributed by atoms with Crippen LogP contribution < -0.4 is 5.73 Å². The summed E-state index contributed by atoms with van der Waals surface area (Å²) in [6.45, 7) is 6.49. The standard InChI is InChI=1S/C14H23BrN2O2S/c1-10(2)7-11(3)17(4)20(18,19)14-6-5-12(9-16)8-13(14)15/h5-6,8,10-11H,7,9,16H2,1-4H3. The Labute approximate surface area is 130 Å². The minimum Gasteiger partial charge on any atom is -0.326 e. The van der Waals surface area contributed by atoms with Gasteiger partial charge in [0.1, 0.15) is 0 Å². The molecule has 1 aromatic carbocycles. The Kier molecular flexibility index (Phi) is 6.19. The van der Waals surface area contributed by atoms with Crippen molar-refractivity contribution in [3.63, 3.8) is 0 Å². The largest absolute Gasteiger partial charge is 0.326 e. The van der Waals surface area contributed by atoms with E-state index in [1.165, 1.54) is 4.31 Å². The summed E-state index contributed by atoms with van der Waals surface area (Å²) in [5.74, 6) is 0.450. The minimum absolute atomic E-state index is 0.0407. The summed E-state index contributed by atoms with van der Waals surface area (Å²) in [5.41, 5.74) is 6.46. The lowest BCUT2D eigenvalue weighted by molar-refractivity contribution is 0.337. The van der Waals surface area contributed by atoms with Gasteiger partial charge in [-0.3, -0.25) is 0 Å². The molecule has 6 heteroatoms. The molecule has 0 saturated carbocycles. The van der Waals surface area contributed by atoms with Crippen LogP contribution >= 0.6 is 15.9 Å². The third-order valence-electron chi connectivity index (χ3n) is 3.32. The van der Waals surface area contributed by atoms with E-state index in [1.807, 2.05) is 6.92 Å². The zero-order valence-electron chi connectivity index (χ0n) is 12.4. The van der Waals surface area contributed by atoms with Gasteiger partial charge < -0.3 is 5.73 Å². The predicted octanol–water partition coefficient (Wildman–Crippen LogP) is 2.96. The van der Waals surface area contributed by atoms with Crippen LogP contribution in [0.25, 0.3) is 0 Å². The summed E-state index contributed by atoms with van der Waals surface area (Å²) in [6.07, 6.45) is 0.828. The topological polar surface area (TPSA) is 63.4 Å². The molecule has 2 N–H and O–H groups in total. The second-order valence-corrected chi connectivity index (χ2v) is 8.29. The van der Waals surface area contributed by atoms with E-state index in [1.54, 1.807) is 25.2 Å². The molecule has 0 aliphatic heterocycles. The van der Waals surface area contributed by atoms with Gasteiger partial charge in [-0.2, -0.15) is 4.31 Å². The summed E-state index contributed by atoms with van der Waals surface area (Å²) < 4.78 is 27.3. The second-order valence-electron chi connectivity index (χ2n) is 5.47. The monoisotopic (exact) mass is 362 g/mol. The van der Waals surface area contributed by atoms with E-state index in [0.717, 1.165) is 12.0 Å². The number of halogens is 1. The van der Waals surface area contributed by atoms with Gasteiger partial charge in [0, 0.05) is 24.1 Å². The van der Waals surface area contributed by atoms with E-state index < -0.39 is 10.0 Å². The lowest BCUT2D eigenvalue weighted by Gasteiger charge is -2.26. The molecule has 0 spiro atoms. The highest BCUT2D eigenvalue weighted by Crippen LogP contribution is 2.27. The summed E-state index contributed by atoms with van der Waals surface area (Å²) in [5, 5.41) is 0. The van der Waals surface area contributed by atoms with Crippen molar-refractivity contribution in [2.24, 2.45) is 11.7 Å². The fourth-order valence-electron chi connectivity index (χ4n) is 2.10. The van der Waals surface area contributed by atoms with E-state index in [9.17, 15) is 8.42 Å². The molecule has 0 amide bonds. The molecule has 1 unspecified atom stereocenters. The average molecular weight is 363 g/mol. The molecular formula is C14H23BrN2O2S. The van der Waals surface area contributed by atoms with Crippen molar-refractivity contribution in [2.75, 3.05) is 7.05 Å². The number of rotatable bonds is 6. The first-order chi connectivity index (χ1) is 9.20. The van der Waals surface area contributed by atoms with Gasteiger partial charge in [-0.25, -0.2) is 8.42 Å². The lowest BCUT2D eigenvalue weighted by atomic mass is 10.1. The van der Waals surface area contributed by atoms with Crippen LogP contribution in [0.4, 0.5) is 0 Å². The predicted molar refractivity (Wildman–Crippen MR) is 85.9 cm³/mol. The van der Waals surface area contributed by atoms with Gasteiger partial charge in [-0.05, 0) is 52.9 Å². The highest BCUT2D eigenvalue weighted by atomic mass is 79.9. The van der Waals surface area contributed by atoms with Crippen molar-refractivity contribution in [3.05, 3.63) is 28.2 Å². The smallest absolute Gasteiger partial charge is 0.244 e. The third-order valence-corrected chi connectivity index (χ3v) is 6.27. The van der Waals surface area contributed by atoms with Crippen molar-refractivity contribution < 1.29 is 8.42 Å². The van der Waals surface area contributed by atoms with Gasteiger partial charge in [0.05, 0.1) is 4.90 Å². The number of hydrogen-bond donors (Lipinski definition) is 1. The Morgan fingerprint density at radius 2 is 1.90 bits per heavy atom. The van der Waals surface area contributed by atoms with Crippen LogP contribution in [-0.2, 0) is 16.6 Å². The maximum absolute atomic E-state index is 12.6. The number of hydrogen-bond acceptors (Lipinski definition) is 3. The molecule has 0 aliphatic carbocycles. The zero-order chi connectivity index (χ0) is 15.5. The molecule has 4 nitrogen and oxygen atoms in total. The first-order valence-corrected chi connectivity index (χ1v) is 8.90. The molecule has 20 heavy (non-hydrogen) atoms. The van der Waals surface area contributed by atoms with Gasteiger partial charge in [0.25, 0.3) is 0 Å². The van der Waals surface area contributed by atoms with E-state index in [4.69, 9.17) is 5.73 Å². The molecule has 1 atom stereocenters. The molecule has 1 aromatic rings. The number of nitrogens with two attached hydrogens (primary N) is 1. The van der Waals surface area contributed by atoms with Crippen molar-refractivity contribution in [1.29, 1.82) is 0 Å². The number of benzene rings is 1. The van der Waals surface area contributed by atoms with Crippen LogP contribution in [0.1, 0.15) is 32.8 Å². The fraction of sp³-hybridized carbons (Fsp3) is 0.571. The SMILES string of the molecule is CC(C)CC(C)N(C)S(=O)(=O)c1ccc(CN)cc1Br. The molecule has 0 fully saturated rings. The Morgan fingerprint density at radius 1 is 1.30 bits per heavy atom. The molecule has 1 rings (SSSR count). The second kappa shape index (κ2) is 7.02. The molecule has 0 aliphatic rings. The maximum Gasteiger partial charge on any atom is 0.244 e. The normalized spacial score (nSPS) is 14.0. The van der Waals surface area contributed by atoms with Crippen LogP contribution in [0.5, 0.6) is 0 Å². The molecule has 114 valence electrons. The highest BCUT2D eigenvalue weighted by molar-refractivity contribution is 9.10. The molecule has 0 saturated heterocycles. The quantitative estimate of drug-likeness (QED) is 0.845. The minimum atomic E-state index is -3.49. The molecule has 0 aromatic heterocycles. The van der Waals surface area contributed by atoms with Gasteiger partial charge in [0.15, 0.2) is 0 Å². The van der Waals surface area contributed by atoms with Crippen molar-refractivity contribution >= 4 is 26.0 Å². The molecular weight excluding hydrogens is 340 g/mol. The van der Waals surface area contributed by atoms with E-state index in [0.29, 0.717) is 16.9 Å². The molecule has 0 bridgehead atoms. The zero-order valence-corrected chi connectivity index (χ0v) is 14.8. The Bertz CT molecular complexity index is 558. The van der Waals surface area contributed by atoms with Crippen molar-refractivity contribution in [1.82, 2.24) is 4.31 Å². The summed E-state index contributed by atoms with van der Waals surface area (Å²) in [6, 6.07) is 5.08. The number of nitrogens with zero attached hydrogens (tertiary/aromatic N) is 1. The highest BCUT2D eigenvalue weighted by Gasteiger charge is 2.27. The summed E-state index contributed by atoms with van der Waals surface area (Å²) in [4.78, 5) is 0.285. The van der Waals surface area contributed by atoms with Gasteiger partial charge in [-0.15, -0.1) is 0 Å². The lowest BCUT2D eigenvalue weighted by Crippen LogP contribution is -2.36. The van der Waals surface area contributed by atoms with E-state index in [2.05, 4.69) is 29.8 Å². The van der Waals surface area contributed by atoms with Gasteiger partial charge >= 0.3 is 0 Å². The van der Waals surface area contributed by atoms with Crippen LogP contribution in [0.15, 0.2) is 27.6 Å². The van der Waals surface area contributed by atoms with Crippen LogP contribution in [-0.4, -0.2) is 25.8 Å². The van der Waals surface area contributed by atoms with Crippen LogP contribution in [0, 0.1) is 5.92 Å². The van der Waals surface area contributed by atoms with E-state index >= 15 is 0 Å². The Morgan fingerprint density at radius 3 is 2.35 bits per heavy atom. The van der Waals surface area contributed by atoms with Crippen molar-refractivity contribution in [2.45, 2.75) is 44.7 Å². The van der Waals surface area contributed by atoms with Crippen LogP contribution in [0.2, 0.25) is 0 Å². The number of sulfonamides is 1.